The molecule has 38 heavy (non-hydrogen) atoms. The van der Waals surface area contributed by atoms with Gasteiger partial charge in [-0.3, -0.25) is 9.59 Å². The highest BCUT2D eigenvalue weighted by Crippen LogP contribution is 2.32. The molecule has 1 atom stereocenters. The van der Waals surface area contributed by atoms with Gasteiger partial charge < -0.3 is 20.3 Å². The van der Waals surface area contributed by atoms with Crippen LogP contribution in [0, 0.1) is 11.6 Å². The van der Waals surface area contributed by atoms with E-state index < -0.39 is 23.6 Å². The van der Waals surface area contributed by atoms with Crippen molar-refractivity contribution in [2.24, 2.45) is 0 Å². The lowest BCUT2D eigenvalue weighted by Gasteiger charge is -2.23. The van der Waals surface area contributed by atoms with Crippen molar-refractivity contribution < 1.29 is 23.1 Å². The lowest BCUT2D eigenvalue weighted by molar-refractivity contribution is -0.122. The highest BCUT2D eigenvalue weighted by atomic mass is 35.5. The van der Waals surface area contributed by atoms with Gasteiger partial charge in [0.15, 0.2) is 0 Å². The molecule has 1 aromatic heterocycles. The van der Waals surface area contributed by atoms with Crippen LogP contribution in [0.1, 0.15) is 47.3 Å². The molecule has 0 spiro atoms. The quantitative estimate of drug-likeness (QED) is 0.457. The number of hydrogen-bond donors (Lipinski definition) is 2. The van der Waals surface area contributed by atoms with Crippen LogP contribution in [0.5, 0.6) is 0 Å². The van der Waals surface area contributed by atoms with Crippen LogP contribution in [-0.4, -0.2) is 52.5 Å². The third-order valence-corrected chi connectivity index (χ3v) is 6.97. The third-order valence-electron chi connectivity index (χ3n) is 6.70. The number of nitrogens with zero attached hydrogens (tertiary/aromatic N) is 3. The Morgan fingerprint density at radius 3 is 2.79 bits per heavy atom. The SMILES string of the molecule is CC(NC(=O)CN1Cc2ccc(-c3nc(NC4CCOCC4)ncc3Cl)cc2C1=O)c1cc(F)ccc1F. The Morgan fingerprint density at radius 1 is 1.21 bits per heavy atom. The molecule has 2 aliphatic rings. The molecule has 0 bridgehead atoms. The van der Waals surface area contributed by atoms with E-state index in [1.165, 1.54) is 11.1 Å². The van der Waals surface area contributed by atoms with Gasteiger partial charge in [-0.15, -0.1) is 0 Å². The van der Waals surface area contributed by atoms with Crippen molar-refractivity contribution in [1.29, 1.82) is 0 Å². The zero-order valence-electron chi connectivity index (χ0n) is 20.6. The summed E-state index contributed by atoms with van der Waals surface area (Å²) < 4.78 is 33.0. The highest BCUT2D eigenvalue weighted by molar-refractivity contribution is 6.33. The van der Waals surface area contributed by atoms with Gasteiger partial charge in [0.05, 0.1) is 23.0 Å². The predicted molar refractivity (Wildman–Crippen MR) is 138 cm³/mol. The summed E-state index contributed by atoms with van der Waals surface area (Å²) in [4.78, 5) is 36.0. The number of nitrogens with one attached hydrogen (secondary N) is 2. The summed E-state index contributed by atoms with van der Waals surface area (Å²) in [7, 11) is 0. The van der Waals surface area contributed by atoms with Gasteiger partial charge in [-0.05, 0) is 49.6 Å². The Hall–Kier alpha value is -3.63. The van der Waals surface area contributed by atoms with Crippen molar-refractivity contribution in [3.63, 3.8) is 0 Å². The van der Waals surface area contributed by atoms with E-state index in [9.17, 15) is 18.4 Å². The van der Waals surface area contributed by atoms with E-state index in [4.69, 9.17) is 16.3 Å². The molecule has 3 heterocycles. The second-order valence-corrected chi connectivity index (χ2v) is 9.82. The van der Waals surface area contributed by atoms with Crippen LogP contribution in [0.4, 0.5) is 14.7 Å². The molecule has 8 nitrogen and oxygen atoms in total. The Morgan fingerprint density at radius 2 is 2.00 bits per heavy atom. The molecule has 2 N–H and O–H groups in total. The fourth-order valence-corrected chi connectivity index (χ4v) is 4.88. The minimum absolute atomic E-state index is 0.0337. The van der Waals surface area contributed by atoms with Gasteiger partial charge in [0.2, 0.25) is 11.9 Å². The number of halogens is 3. The van der Waals surface area contributed by atoms with Gasteiger partial charge >= 0.3 is 0 Å². The van der Waals surface area contributed by atoms with E-state index in [1.54, 1.807) is 13.0 Å². The van der Waals surface area contributed by atoms with Gasteiger partial charge in [0.25, 0.3) is 5.91 Å². The van der Waals surface area contributed by atoms with E-state index in [1.807, 2.05) is 12.1 Å². The van der Waals surface area contributed by atoms with Crippen LogP contribution in [-0.2, 0) is 16.1 Å². The number of fused-ring (bicyclic) bond motifs is 1. The number of carbonyl (C=O) groups excluding carboxylic acids is 2. The Bertz CT molecular complexity index is 1380. The first-order valence-electron chi connectivity index (χ1n) is 12.3. The summed E-state index contributed by atoms with van der Waals surface area (Å²) in [5, 5.41) is 6.30. The number of amides is 2. The molecule has 2 amide bonds. The Balaban J connectivity index is 1.27. The minimum atomic E-state index is -0.770. The standard InChI is InChI=1S/C27H26ClF2N5O3/c1-15(20-11-18(29)4-5-23(20)30)32-24(36)14-35-13-17-3-2-16(10-21(17)26(35)37)25-22(28)12-31-27(34-25)33-19-6-8-38-9-7-19/h2-5,10-12,15,19H,6-9,13-14H2,1H3,(H,32,36)(H,31,33,34). The van der Waals surface area contributed by atoms with Crippen LogP contribution < -0.4 is 10.6 Å². The molecular formula is C27H26ClF2N5O3. The van der Waals surface area contributed by atoms with Gasteiger partial charge in [0, 0.05) is 42.5 Å². The smallest absolute Gasteiger partial charge is 0.254 e. The molecule has 0 radical (unpaired) electrons. The van der Waals surface area contributed by atoms with Crippen LogP contribution in [0.2, 0.25) is 5.02 Å². The maximum absolute atomic E-state index is 14.1. The monoisotopic (exact) mass is 541 g/mol. The maximum atomic E-state index is 14.1. The second-order valence-electron chi connectivity index (χ2n) is 9.41. The second kappa shape index (κ2) is 11.0. The van der Waals surface area contributed by atoms with E-state index >= 15 is 0 Å². The summed E-state index contributed by atoms with van der Waals surface area (Å²) in [6.45, 7) is 2.94. The molecule has 5 rings (SSSR count). The largest absolute Gasteiger partial charge is 0.381 e. The van der Waals surface area contributed by atoms with E-state index in [2.05, 4.69) is 20.6 Å². The number of carbonyl (C=O) groups is 2. The lowest BCUT2D eigenvalue weighted by Crippen LogP contribution is -2.38. The van der Waals surface area contributed by atoms with Crippen LogP contribution in [0.3, 0.4) is 0 Å². The number of ether oxygens (including phenoxy) is 1. The van der Waals surface area contributed by atoms with Crippen molar-refractivity contribution in [3.05, 3.63) is 75.9 Å². The van der Waals surface area contributed by atoms with Crippen molar-refractivity contribution in [1.82, 2.24) is 20.2 Å². The number of rotatable bonds is 7. The third kappa shape index (κ3) is 5.61. The normalized spacial score (nSPS) is 16.3. The van der Waals surface area contributed by atoms with Crippen molar-refractivity contribution in [2.45, 2.75) is 38.4 Å². The molecule has 1 saturated heterocycles. The van der Waals surface area contributed by atoms with Crippen molar-refractivity contribution >= 4 is 29.4 Å². The zero-order chi connectivity index (χ0) is 26.8. The van der Waals surface area contributed by atoms with Crippen LogP contribution in [0.15, 0.2) is 42.6 Å². The molecule has 2 aliphatic heterocycles. The van der Waals surface area contributed by atoms with Gasteiger partial charge in [-0.1, -0.05) is 23.7 Å². The van der Waals surface area contributed by atoms with E-state index in [0.717, 1.165) is 36.6 Å². The van der Waals surface area contributed by atoms with Gasteiger partial charge in [0.1, 0.15) is 18.2 Å². The van der Waals surface area contributed by atoms with Crippen LogP contribution >= 0.6 is 11.6 Å². The van der Waals surface area contributed by atoms with Crippen molar-refractivity contribution in [3.8, 4) is 11.3 Å². The summed E-state index contributed by atoms with van der Waals surface area (Å²) >= 11 is 6.41. The van der Waals surface area contributed by atoms with Gasteiger partial charge in [-0.2, -0.15) is 0 Å². The first-order chi connectivity index (χ1) is 18.3. The molecule has 1 fully saturated rings. The number of aromatic nitrogens is 2. The Labute approximate surface area is 223 Å². The van der Waals surface area contributed by atoms with E-state index in [0.29, 0.717) is 41.0 Å². The highest BCUT2D eigenvalue weighted by Gasteiger charge is 2.30. The topological polar surface area (TPSA) is 96.5 Å². The van der Waals surface area contributed by atoms with Crippen LogP contribution in [0.25, 0.3) is 11.3 Å². The summed E-state index contributed by atoms with van der Waals surface area (Å²) in [6.07, 6.45) is 3.24. The molecule has 1 unspecified atom stereocenters. The zero-order valence-corrected chi connectivity index (χ0v) is 21.4. The number of anilines is 1. The lowest BCUT2D eigenvalue weighted by atomic mass is 10.0. The van der Waals surface area contributed by atoms with Crippen molar-refractivity contribution in [2.75, 3.05) is 25.1 Å². The fourth-order valence-electron chi connectivity index (χ4n) is 4.68. The van der Waals surface area contributed by atoms with Gasteiger partial charge in [-0.25, -0.2) is 18.7 Å². The average Bonchev–Trinajstić information content (AvgIpc) is 3.21. The molecule has 0 aliphatic carbocycles. The first-order valence-corrected chi connectivity index (χ1v) is 12.7. The summed E-state index contributed by atoms with van der Waals surface area (Å²) in [5.41, 5.74) is 2.40. The number of hydrogen-bond acceptors (Lipinski definition) is 6. The van der Waals surface area contributed by atoms with E-state index in [-0.39, 0.29) is 30.6 Å². The predicted octanol–water partition coefficient (Wildman–Crippen LogP) is 4.50. The molecule has 11 heteroatoms. The minimum Gasteiger partial charge on any atom is -0.381 e. The maximum Gasteiger partial charge on any atom is 0.254 e. The first kappa shape index (κ1) is 26.0. The summed E-state index contributed by atoms with van der Waals surface area (Å²) in [5.74, 6) is -1.56. The molecule has 0 saturated carbocycles. The molecule has 3 aromatic rings. The average molecular weight is 542 g/mol. The molecule has 198 valence electrons. The summed E-state index contributed by atoms with van der Waals surface area (Å²) in [6, 6.07) is 7.87. The fraction of sp³-hybridized carbons (Fsp3) is 0.333. The number of benzene rings is 2. The molecular weight excluding hydrogens is 516 g/mol. The molecule has 2 aromatic carbocycles. The Kier molecular flexibility index (Phi) is 7.53.